The summed E-state index contributed by atoms with van der Waals surface area (Å²) in [5.74, 6) is -2.33. The van der Waals surface area contributed by atoms with Crippen LogP contribution in [0.2, 0.25) is 10.0 Å². The molecule has 1 fully saturated rings. The van der Waals surface area contributed by atoms with Gasteiger partial charge in [-0.1, -0.05) is 27.9 Å². The third-order valence-electron chi connectivity index (χ3n) is 9.37. The van der Waals surface area contributed by atoms with Crippen LogP contribution >= 0.6 is 23.2 Å². The molecular formula is C38H47Cl2N8O6+. The highest BCUT2D eigenvalue weighted by Gasteiger charge is 2.34. The van der Waals surface area contributed by atoms with Crippen molar-refractivity contribution in [3.8, 4) is 28.4 Å². The van der Waals surface area contributed by atoms with Crippen LogP contribution in [-0.2, 0) is 32.2 Å². The van der Waals surface area contributed by atoms with Gasteiger partial charge in [-0.15, -0.1) is 0 Å². The van der Waals surface area contributed by atoms with E-state index < -0.39 is 17.9 Å². The number of fused-ring (bicyclic) bond motifs is 1. The highest BCUT2D eigenvalue weighted by atomic mass is 35.5. The molecule has 0 spiro atoms. The molecule has 0 bridgehead atoms. The van der Waals surface area contributed by atoms with Crippen molar-refractivity contribution in [2.45, 2.75) is 72.4 Å². The number of carbonyl (C=O) groups is 2. The summed E-state index contributed by atoms with van der Waals surface area (Å²) in [7, 11) is 2.49. The number of hydrogen-bond acceptors (Lipinski definition) is 9. The van der Waals surface area contributed by atoms with Gasteiger partial charge in [-0.2, -0.15) is 10.2 Å². The average molecular weight is 783 g/mol. The first-order chi connectivity index (χ1) is 25.9. The SMILES string of the molecule is C1CCNNC1.COC(=O)C(C(=O)OC)c1c(C)cc(-[n+]2cc(Cl)c[nH]2)cc1C.Cc1cc(-n2cc(Cl)cn2)cc(C)c1-c1c(O)n2n(c1=O)CCCC2. The van der Waals surface area contributed by atoms with Crippen molar-refractivity contribution in [3.63, 3.8) is 0 Å². The predicted molar refractivity (Wildman–Crippen MR) is 205 cm³/mol. The smallest absolute Gasteiger partial charge is 0.324 e. The van der Waals surface area contributed by atoms with E-state index in [0.29, 0.717) is 34.3 Å². The first-order valence-corrected chi connectivity index (χ1v) is 18.4. The van der Waals surface area contributed by atoms with Gasteiger partial charge in [0.15, 0.2) is 5.92 Å². The van der Waals surface area contributed by atoms with E-state index in [-0.39, 0.29) is 11.4 Å². The number of ether oxygens (including phenoxy) is 2. The summed E-state index contributed by atoms with van der Waals surface area (Å²) >= 11 is 11.9. The van der Waals surface area contributed by atoms with Crippen LogP contribution in [-0.4, -0.2) is 68.6 Å². The third-order valence-corrected chi connectivity index (χ3v) is 9.77. The summed E-state index contributed by atoms with van der Waals surface area (Å²) in [6.07, 6.45) is 11.3. The van der Waals surface area contributed by atoms with Crippen molar-refractivity contribution >= 4 is 35.1 Å². The summed E-state index contributed by atoms with van der Waals surface area (Å²) < 4.78 is 16.3. The van der Waals surface area contributed by atoms with E-state index in [4.69, 9.17) is 32.7 Å². The maximum absolute atomic E-state index is 12.8. The quantitative estimate of drug-likeness (QED) is 0.104. The van der Waals surface area contributed by atoms with E-state index in [1.54, 1.807) is 43.5 Å². The molecule has 2 aliphatic heterocycles. The Labute approximate surface area is 323 Å². The number of nitrogens with zero attached hydrogens (tertiary/aromatic N) is 5. The number of rotatable bonds is 6. The van der Waals surface area contributed by atoms with E-state index in [1.807, 2.05) is 52.0 Å². The molecule has 0 saturated carbocycles. The van der Waals surface area contributed by atoms with E-state index in [0.717, 1.165) is 65.1 Å². The lowest BCUT2D eigenvalue weighted by Gasteiger charge is -2.17. The molecule has 288 valence electrons. The maximum atomic E-state index is 12.8. The minimum absolute atomic E-state index is 0.0609. The molecule has 54 heavy (non-hydrogen) atoms. The summed E-state index contributed by atoms with van der Waals surface area (Å²) in [5, 5.41) is 19.0. The molecule has 0 amide bonds. The van der Waals surface area contributed by atoms with Gasteiger partial charge in [-0.05, 0) is 98.9 Å². The van der Waals surface area contributed by atoms with Crippen LogP contribution in [0.4, 0.5) is 0 Å². The fourth-order valence-electron chi connectivity index (χ4n) is 6.87. The number of aromatic amines is 1. The van der Waals surface area contributed by atoms with Crippen LogP contribution in [0.1, 0.15) is 59.4 Å². The van der Waals surface area contributed by atoms with Gasteiger partial charge < -0.3 is 14.6 Å². The standard InChI is InChI=1S/C18H19ClN4O2.C16H17ClN2O4.C4H10N2/c1-11-7-14(21-10-13(19)9-20-21)8-12(2)15(11)16-17(24)22-5-3-4-6-23(22)18(16)25;1-9-5-12(19-8-11(17)7-18-19)6-10(2)13(9)14(15(20)22-3)16(21)23-4;1-2-4-6-5-3-1/h7-10,24H,3-6H2,1-2H3;5-8,14H,1-4H3;5-6H,1-4H2/p+1. The number of methoxy groups -OCH3 is 2. The number of carbonyl (C=O) groups excluding carboxylic acids is 2. The molecule has 3 aromatic heterocycles. The van der Waals surface area contributed by atoms with Gasteiger partial charge in [-0.3, -0.25) is 29.9 Å². The number of nitrogens with one attached hydrogen (secondary N) is 3. The Balaban J connectivity index is 0.000000180. The van der Waals surface area contributed by atoms with Gasteiger partial charge in [-0.25, -0.2) is 9.36 Å². The molecular weight excluding hydrogens is 735 g/mol. The van der Waals surface area contributed by atoms with E-state index in [9.17, 15) is 19.5 Å². The summed E-state index contributed by atoms with van der Waals surface area (Å²) in [6, 6.07) is 7.61. The Kier molecular flexibility index (Phi) is 13.4. The normalized spacial score (nSPS) is 13.6. The van der Waals surface area contributed by atoms with Gasteiger partial charge in [0.05, 0.1) is 37.3 Å². The number of aromatic nitrogens is 6. The number of hydrazine groups is 1. The van der Waals surface area contributed by atoms with Crippen LogP contribution in [0, 0.1) is 27.7 Å². The predicted octanol–water partition coefficient (Wildman–Crippen LogP) is 5.14. The number of aryl methyl sites for hydroxylation is 4. The Hall–Kier alpha value is -4.89. The van der Waals surface area contributed by atoms with Crippen LogP contribution in [0.5, 0.6) is 5.88 Å². The number of halogens is 2. The topological polar surface area (TPSA) is 161 Å². The first kappa shape index (κ1) is 40.3. The minimum Gasteiger partial charge on any atom is -0.493 e. The van der Waals surface area contributed by atoms with Gasteiger partial charge in [0, 0.05) is 44.5 Å². The molecule has 0 unspecified atom stereocenters. The fourth-order valence-corrected chi connectivity index (χ4v) is 7.16. The summed E-state index contributed by atoms with van der Waals surface area (Å²) in [4.78, 5) is 36.9. The zero-order valence-electron chi connectivity index (χ0n) is 31.3. The third kappa shape index (κ3) is 8.90. The zero-order valence-corrected chi connectivity index (χ0v) is 32.8. The Morgan fingerprint density at radius 3 is 1.85 bits per heavy atom. The monoisotopic (exact) mass is 781 g/mol. The Morgan fingerprint density at radius 2 is 1.41 bits per heavy atom. The molecule has 4 N–H and O–H groups in total. The first-order valence-electron chi connectivity index (χ1n) is 17.7. The molecule has 7 rings (SSSR count). The number of hydrogen-bond donors (Lipinski definition) is 4. The fraction of sp³-hybridized carbons (Fsp3) is 0.395. The Morgan fingerprint density at radius 1 is 0.833 bits per heavy atom. The molecule has 5 heterocycles. The van der Waals surface area contributed by atoms with Crippen LogP contribution < -0.4 is 21.1 Å². The maximum Gasteiger partial charge on any atom is 0.324 e. The molecule has 16 heteroatoms. The van der Waals surface area contributed by atoms with E-state index in [1.165, 1.54) is 27.1 Å². The van der Waals surface area contributed by atoms with Gasteiger partial charge in [0.2, 0.25) is 17.8 Å². The molecule has 2 aliphatic rings. The number of esters is 2. The van der Waals surface area contributed by atoms with E-state index in [2.05, 4.69) is 21.0 Å². The molecule has 0 radical (unpaired) electrons. The van der Waals surface area contributed by atoms with Crippen molar-refractivity contribution in [3.05, 3.63) is 97.3 Å². The molecule has 0 aliphatic carbocycles. The molecule has 5 aromatic rings. The van der Waals surface area contributed by atoms with Crippen molar-refractivity contribution in [1.82, 2.24) is 35.1 Å². The van der Waals surface area contributed by atoms with Gasteiger partial charge in [0.25, 0.3) is 5.56 Å². The molecule has 2 aromatic carbocycles. The second-order valence-electron chi connectivity index (χ2n) is 13.2. The zero-order chi connectivity index (χ0) is 39.1. The second kappa shape index (κ2) is 18.0. The number of H-pyrrole nitrogens is 1. The molecule has 0 atom stereocenters. The van der Waals surface area contributed by atoms with Crippen molar-refractivity contribution in [2.75, 3.05) is 27.3 Å². The lowest BCUT2D eigenvalue weighted by molar-refractivity contribution is -0.655. The number of benzene rings is 2. The highest BCUT2D eigenvalue weighted by Crippen LogP contribution is 2.35. The molecule has 1 saturated heterocycles. The van der Waals surface area contributed by atoms with Crippen LogP contribution in [0.15, 0.2) is 53.8 Å². The van der Waals surface area contributed by atoms with Crippen molar-refractivity contribution in [2.24, 2.45) is 0 Å². The largest absolute Gasteiger partial charge is 0.493 e. The van der Waals surface area contributed by atoms with Gasteiger partial charge >= 0.3 is 11.9 Å². The number of aromatic hydroxyl groups is 1. The van der Waals surface area contributed by atoms with Crippen LogP contribution in [0.3, 0.4) is 0 Å². The van der Waals surface area contributed by atoms with Crippen LogP contribution in [0.25, 0.3) is 22.5 Å². The second-order valence-corrected chi connectivity index (χ2v) is 14.1. The van der Waals surface area contributed by atoms with Gasteiger partial charge in [0.1, 0.15) is 10.6 Å². The Bertz CT molecular complexity index is 2110. The highest BCUT2D eigenvalue weighted by molar-refractivity contribution is 6.30. The average Bonchev–Trinajstić information content (AvgIpc) is 3.88. The summed E-state index contributed by atoms with van der Waals surface area (Å²) in [5.41, 5.74) is 12.8. The molecule has 14 nitrogen and oxygen atoms in total. The lowest BCUT2D eigenvalue weighted by atomic mass is 9.90. The minimum atomic E-state index is -1.10. The summed E-state index contributed by atoms with van der Waals surface area (Å²) in [6.45, 7) is 11.1. The van der Waals surface area contributed by atoms with E-state index >= 15 is 0 Å². The van der Waals surface area contributed by atoms with Crippen molar-refractivity contribution < 1.29 is 28.9 Å². The lowest BCUT2D eigenvalue weighted by Crippen LogP contribution is -2.37. The van der Waals surface area contributed by atoms with Crippen molar-refractivity contribution in [1.29, 1.82) is 0 Å².